The number of ether oxygens (including phenoxy) is 1. The van der Waals surface area contributed by atoms with Gasteiger partial charge in [0.1, 0.15) is 12.2 Å². The zero-order valence-electron chi connectivity index (χ0n) is 13.4. The molecule has 1 aromatic rings. The van der Waals surface area contributed by atoms with Crippen LogP contribution in [0.4, 0.5) is 0 Å². The molecule has 0 saturated heterocycles. The summed E-state index contributed by atoms with van der Waals surface area (Å²) in [5.41, 5.74) is 3.14. The zero-order chi connectivity index (χ0) is 16.5. The number of carbonyl (C=O) groups is 2. The van der Waals surface area contributed by atoms with E-state index in [0.29, 0.717) is 0 Å². The van der Waals surface area contributed by atoms with Gasteiger partial charge in [-0.3, -0.25) is 9.59 Å². The lowest BCUT2D eigenvalue weighted by molar-refractivity contribution is -0.129. The molecule has 0 heterocycles. The Morgan fingerprint density at radius 3 is 2.32 bits per heavy atom. The highest BCUT2D eigenvalue weighted by molar-refractivity contribution is 5.97. The molecule has 2 N–H and O–H groups in total. The first kappa shape index (κ1) is 17.7. The molecule has 6 heteroatoms. The van der Waals surface area contributed by atoms with Crippen molar-refractivity contribution in [2.24, 2.45) is 5.10 Å². The van der Waals surface area contributed by atoms with Gasteiger partial charge in [-0.05, 0) is 57.5 Å². The van der Waals surface area contributed by atoms with Gasteiger partial charge >= 0.3 is 0 Å². The smallest absolute Gasteiger partial charge is 0.249 e. The average Bonchev–Trinajstić information content (AvgIpc) is 2.39. The number of hydrogen-bond donors (Lipinski definition) is 2. The molecule has 1 aromatic carbocycles. The average molecular weight is 305 g/mol. The van der Waals surface area contributed by atoms with Crippen molar-refractivity contribution < 1.29 is 14.3 Å². The van der Waals surface area contributed by atoms with Crippen molar-refractivity contribution in [2.75, 3.05) is 0 Å². The number of amides is 2. The minimum Gasteiger partial charge on any atom is -0.491 e. The minimum atomic E-state index is -0.450. The van der Waals surface area contributed by atoms with Gasteiger partial charge in [-0.1, -0.05) is 0 Å². The molecule has 0 radical (unpaired) electrons. The van der Waals surface area contributed by atoms with Crippen molar-refractivity contribution in [2.45, 2.75) is 46.3 Å². The molecule has 0 aliphatic rings. The van der Waals surface area contributed by atoms with Crippen LogP contribution in [0.2, 0.25) is 0 Å². The summed E-state index contributed by atoms with van der Waals surface area (Å²) >= 11 is 0. The lowest BCUT2D eigenvalue weighted by atomic mass is 10.2. The predicted molar refractivity (Wildman–Crippen MR) is 85.8 cm³/mol. The topological polar surface area (TPSA) is 79.8 Å². The largest absolute Gasteiger partial charge is 0.491 e. The molecule has 0 spiro atoms. The van der Waals surface area contributed by atoms with E-state index in [4.69, 9.17) is 4.74 Å². The lowest BCUT2D eigenvalue weighted by Crippen LogP contribution is -2.34. The fourth-order valence-corrected chi connectivity index (χ4v) is 1.64. The van der Waals surface area contributed by atoms with E-state index in [9.17, 15) is 9.59 Å². The summed E-state index contributed by atoms with van der Waals surface area (Å²) in [7, 11) is 0. The summed E-state index contributed by atoms with van der Waals surface area (Å²) in [6.45, 7) is 7.59. The van der Waals surface area contributed by atoms with E-state index >= 15 is 0 Å². The van der Waals surface area contributed by atoms with Gasteiger partial charge < -0.3 is 10.1 Å². The van der Waals surface area contributed by atoms with Gasteiger partial charge in [-0.25, -0.2) is 5.43 Å². The monoisotopic (exact) mass is 305 g/mol. The van der Waals surface area contributed by atoms with Crippen LogP contribution in [0.3, 0.4) is 0 Å². The van der Waals surface area contributed by atoms with Crippen molar-refractivity contribution in [1.29, 1.82) is 0 Å². The van der Waals surface area contributed by atoms with Crippen LogP contribution in [-0.2, 0) is 9.59 Å². The second kappa shape index (κ2) is 8.81. The van der Waals surface area contributed by atoms with Gasteiger partial charge in [0.05, 0.1) is 12.3 Å². The van der Waals surface area contributed by atoms with E-state index in [-0.39, 0.29) is 24.5 Å². The predicted octanol–water partition coefficient (Wildman–Crippen LogP) is 1.84. The van der Waals surface area contributed by atoms with E-state index in [0.717, 1.165) is 11.3 Å². The van der Waals surface area contributed by atoms with Crippen molar-refractivity contribution in [3.05, 3.63) is 29.8 Å². The summed E-state index contributed by atoms with van der Waals surface area (Å²) in [6, 6.07) is 7.34. The van der Waals surface area contributed by atoms with Crippen LogP contribution in [0.5, 0.6) is 5.75 Å². The third kappa shape index (κ3) is 7.42. The molecule has 0 fully saturated rings. The second-order valence-electron chi connectivity index (χ2n) is 5.43. The van der Waals surface area contributed by atoms with Gasteiger partial charge in [0.2, 0.25) is 11.8 Å². The summed E-state index contributed by atoms with van der Waals surface area (Å²) in [6.07, 6.45) is 1.39. The molecular weight excluding hydrogens is 282 g/mol. The molecule has 0 aliphatic heterocycles. The summed E-state index contributed by atoms with van der Waals surface area (Å²) in [5, 5.41) is 6.46. The number of carbonyl (C=O) groups excluding carboxylic acids is 2. The minimum absolute atomic E-state index is 0.00961. The Morgan fingerprint density at radius 2 is 1.77 bits per heavy atom. The first-order valence-corrected chi connectivity index (χ1v) is 7.25. The third-order valence-corrected chi connectivity index (χ3v) is 2.43. The van der Waals surface area contributed by atoms with Gasteiger partial charge in [0, 0.05) is 6.04 Å². The van der Waals surface area contributed by atoms with E-state index in [1.807, 2.05) is 52.0 Å². The van der Waals surface area contributed by atoms with Crippen LogP contribution >= 0.6 is 0 Å². The highest BCUT2D eigenvalue weighted by Crippen LogP contribution is 2.12. The Morgan fingerprint density at radius 1 is 1.14 bits per heavy atom. The quantitative estimate of drug-likeness (QED) is 0.458. The molecule has 0 aromatic heterocycles. The van der Waals surface area contributed by atoms with Gasteiger partial charge in [0.15, 0.2) is 0 Å². The van der Waals surface area contributed by atoms with Crippen molar-refractivity contribution >= 4 is 18.0 Å². The molecule has 0 aliphatic carbocycles. The third-order valence-electron chi connectivity index (χ3n) is 2.43. The van der Waals surface area contributed by atoms with E-state index in [1.165, 1.54) is 6.21 Å². The van der Waals surface area contributed by atoms with Crippen LogP contribution in [0.15, 0.2) is 29.4 Å². The molecule has 6 nitrogen and oxygen atoms in total. The van der Waals surface area contributed by atoms with Crippen molar-refractivity contribution in [3.8, 4) is 5.75 Å². The van der Waals surface area contributed by atoms with E-state index in [2.05, 4.69) is 15.8 Å². The van der Waals surface area contributed by atoms with Crippen LogP contribution in [0.25, 0.3) is 0 Å². The van der Waals surface area contributed by atoms with Crippen molar-refractivity contribution in [3.63, 3.8) is 0 Å². The number of nitrogens with one attached hydrogen (secondary N) is 2. The molecule has 1 rings (SSSR count). The maximum atomic E-state index is 11.5. The molecule has 22 heavy (non-hydrogen) atoms. The van der Waals surface area contributed by atoms with Crippen LogP contribution in [0.1, 0.15) is 39.7 Å². The summed E-state index contributed by atoms with van der Waals surface area (Å²) in [4.78, 5) is 22.9. The molecular formula is C16H23N3O3. The Labute approximate surface area is 130 Å². The molecule has 0 saturated carbocycles. The maximum absolute atomic E-state index is 11.5. The van der Waals surface area contributed by atoms with Crippen LogP contribution in [0, 0.1) is 0 Å². The van der Waals surface area contributed by atoms with Gasteiger partial charge in [-0.2, -0.15) is 5.10 Å². The van der Waals surface area contributed by atoms with E-state index in [1.54, 1.807) is 0 Å². The number of benzene rings is 1. The number of rotatable bonds is 7. The Bertz CT molecular complexity index is 522. The van der Waals surface area contributed by atoms with Crippen LogP contribution in [-0.4, -0.2) is 30.2 Å². The Kier molecular flexibility index (Phi) is 7.08. The molecule has 0 bridgehead atoms. The second-order valence-corrected chi connectivity index (χ2v) is 5.43. The standard InChI is InChI=1S/C16H23N3O3/c1-11(2)18-15(20)9-16(21)19-17-10-13-5-7-14(8-6-13)22-12(3)4/h5-8,10-12H,9H2,1-4H3,(H,18,20)(H,19,21)/b17-10-. The normalized spacial score (nSPS) is 11.0. The molecule has 0 unspecified atom stereocenters. The fourth-order valence-electron chi connectivity index (χ4n) is 1.64. The van der Waals surface area contributed by atoms with Gasteiger partial charge in [-0.15, -0.1) is 0 Å². The van der Waals surface area contributed by atoms with Crippen LogP contribution < -0.4 is 15.5 Å². The Balaban J connectivity index is 2.42. The van der Waals surface area contributed by atoms with Gasteiger partial charge in [0.25, 0.3) is 0 Å². The SMILES string of the molecule is CC(C)NC(=O)CC(=O)N/N=C\c1ccc(OC(C)C)cc1. The molecule has 120 valence electrons. The number of hydrogen-bond acceptors (Lipinski definition) is 4. The molecule has 0 atom stereocenters. The highest BCUT2D eigenvalue weighted by Gasteiger charge is 2.09. The lowest BCUT2D eigenvalue weighted by Gasteiger charge is -2.09. The first-order chi connectivity index (χ1) is 10.4. The fraction of sp³-hybridized carbons (Fsp3) is 0.438. The summed E-state index contributed by atoms with van der Waals surface area (Å²) in [5.74, 6) is 0.00795. The maximum Gasteiger partial charge on any atom is 0.249 e. The van der Waals surface area contributed by atoms with Crippen molar-refractivity contribution in [1.82, 2.24) is 10.7 Å². The zero-order valence-corrected chi connectivity index (χ0v) is 13.4. The highest BCUT2D eigenvalue weighted by atomic mass is 16.5. The Hall–Kier alpha value is -2.37. The van der Waals surface area contributed by atoms with E-state index < -0.39 is 5.91 Å². The summed E-state index contributed by atoms with van der Waals surface area (Å²) < 4.78 is 5.53. The number of hydrazone groups is 1. The molecule has 2 amide bonds. The first-order valence-electron chi connectivity index (χ1n) is 7.25. The number of nitrogens with zero attached hydrogens (tertiary/aromatic N) is 1.